The zero-order chi connectivity index (χ0) is 20.4. The first-order valence-electron chi connectivity index (χ1n) is 8.10. The Hall–Kier alpha value is -3.68. The van der Waals surface area contributed by atoms with Gasteiger partial charge in [0.05, 0.1) is 16.7 Å². The number of halogens is 2. The van der Waals surface area contributed by atoms with Crippen molar-refractivity contribution in [2.75, 3.05) is 13.2 Å². The van der Waals surface area contributed by atoms with Crippen molar-refractivity contribution in [2.24, 2.45) is 0 Å². The van der Waals surface area contributed by atoms with Crippen molar-refractivity contribution < 1.29 is 32.7 Å². The van der Waals surface area contributed by atoms with E-state index in [2.05, 4.69) is 6.58 Å². The lowest BCUT2D eigenvalue weighted by Gasteiger charge is -2.09. The predicted molar refractivity (Wildman–Crippen MR) is 93.0 cm³/mol. The molecule has 0 aliphatic carbocycles. The summed E-state index contributed by atoms with van der Waals surface area (Å²) >= 11 is 0. The van der Waals surface area contributed by atoms with Crippen LogP contribution in [0.5, 0.6) is 0 Å². The molecule has 142 valence electrons. The molecule has 0 radical (unpaired) electrons. The zero-order valence-electron chi connectivity index (χ0n) is 14.4. The van der Waals surface area contributed by atoms with Gasteiger partial charge in [0.15, 0.2) is 24.0 Å². The second-order valence-corrected chi connectivity index (χ2v) is 5.90. The first-order valence-corrected chi connectivity index (χ1v) is 8.10. The van der Waals surface area contributed by atoms with Gasteiger partial charge in [-0.05, 0) is 36.4 Å². The monoisotopic (exact) mass is 385 g/mol. The van der Waals surface area contributed by atoms with Gasteiger partial charge < -0.3 is 4.74 Å². The van der Waals surface area contributed by atoms with E-state index >= 15 is 0 Å². The highest BCUT2D eigenvalue weighted by atomic mass is 19.2. The van der Waals surface area contributed by atoms with Crippen LogP contribution in [0.3, 0.4) is 0 Å². The van der Waals surface area contributed by atoms with Crippen LogP contribution in [0.4, 0.5) is 8.78 Å². The van der Waals surface area contributed by atoms with E-state index in [1.165, 1.54) is 24.3 Å². The molecule has 1 aliphatic rings. The average molecular weight is 385 g/mol. The highest BCUT2D eigenvalue weighted by Gasteiger charge is 2.35. The normalized spacial score (nSPS) is 12.7. The molecular weight excluding hydrogens is 372 g/mol. The van der Waals surface area contributed by atoms with E-state index in [1.54, 1.807) is 0 Å². The number of carbonyl (C=O) groups is 4. The van der Waals surface area contributed by atoms with Crippen molar-refractivity contribution in [2.45, 2.75) is 0 Å². The Morgan fingerprint density at radius 2 is 1.64 bits per heavy atom. The number of hydrogen-bond donors (Lipinski definition) is 0. The molecule has 1 aliphatic heterocycles. The highest BCUT2D eigenvalue weighted by Crippen LogP contribution is 2.24. The van der Waals surface area contributed by atoms with Gasteiger partial charge in [-0.3, -0.25) is 19.3 Å². The number of benzene rings is 2. The molecule has 0 N–H and O–H groups in total. The van der Waals surface area contributed by atoms with E-state index < -0.39 is 41.8 Å². The van der Waals surface area contributed by atoms with Gasteiger partial charge in [-0.2, -0.15) is 0 Å². The molecule has 0 spiro atoms. The van der Waals surface area contributed by atoms with Gasteiger partial charge in [-0.1, -0.05) is 6.08 Å². The Bertz CT molecular complexity index is 1030. The summed E-state index contributed by atoms with van der Waals surface area (Å²) in [6.07, 6.45) is 1.40. The fourth-order valence-electron chi connectivity index (χ4n) is 2.68. The maximum absolute atomic E-state index is 13.2. The number of amides is 2. The standard InChI is InChI=1S/C20H13F2NO5/c1-2-7-23-18(25)13-5-3-12(8-14(13)19(23)26)20(27)28-10-17(24)11-4-6-15(21)16(22)9-11/h2-6,8-9H,1,7,10H2. The van der Waals surface area contributed by atoms with Gasteiger partial charge in [0.25, 0.3) is 11.8 Å². The van der Waals surface area contributed by atoms with Crippen molar-refractivity contribution in [3.8, 4) is 0 Å². The SMILES string of the molecule is C=CCN1C(=O)c2ccc(C(=O)OCC(=O)c3ccc(F)c(F)c3)cc2C1=O. The molecule has 2 aromatic rings. The second kappa shape index (κ2) is 7.51. The number of carbonyl (C=O) groups excluding carboxylic acids is 4. The lowest BCUT2D eigenvalue weighted by atomic mass is 10.1. The lowest BCUT2D eigenvalue weighted by Crippen LogP contribution is -2.29. The molecular formula is C20H13F2NO5. The van der Waals surface area contributed by atoms with E-state index in [0.29, 0.717) is 6.07 Å². The summed E-state index contributed by atoms with van der Waals surface area (Å²) < 4.78 is 31.0. The van der Waals surface area contributed by atoms with Crippen LogP contribution in [-0.4, -0.2) is 41.6 Å². The quantitative estimate of drug-likeness (QED) is 0.331. The van der Waals surface area contributed by atoms with Crippen LogP contribution in [-0.2, 0) is 4.74 Å². The van der Waals surface area contributed by atoms with Gasteiger partial charge >= 0.3 is 5.97 Å². The largest absolute Gasteiger partial charge is 0.454 e. The van der Waals surface area contributed by atoms with Crippen LogP contribution < -0.4 is 0 Å². The highest BCUT2D eigenvalue weighted by molar-refractivity contribution is 6.22. The molecule has 0 atom stereocenters. The third-order valence-corrected chi connectivity index (χ3v) is 4.09. The van der Waals surface area contributed by atoms with Crippen LogP contribution in [0, 0.1) is 11.6 Å². The lowest BCUT2D eigenvalue weighted by molar-refractivity contribution is 0.0474. The Morgan fingerprint density at radius 1 is 0.964 bits per heavy atom. The van der Waals surface area contributed by atoms with Crippen LogP contribution in [0.2, 0.25) is 0 Å². The van der Waals surface area contributed by atoms with Gasteiger partial charge in [-0.15, -0.1) is 6.58 Å². The molecule has 2 amide bonds. The summed E-state index contributed by atoms with van der Waals surface area (Å²) in [6.45, 7) is 2.82. The molecule has 8 heteroatoms. The van der Waals surface area contributed by atoms with Crippen molar-refractivity contribution >= 4 is 23.6 Å². The number of hydrogen-bond acceptors (Lipinski definition) is 5. The third-order valence-electron chi connectivity index (χ3n) is 4.09. The van der Waals surface area contributed by atoms with Crippen molar-refractivity contribution in [1.29, 1.82) is 0 Å². The van der Waals surface area contributed by atoms with Crippen LogP contribution >= 0.6 is 0 Å². The number of Topliss-reactive ketones (excluding diaryl/α,β-unsaturated/α-hetero) is 1. The first-order chi connectivity index (χ1) is 13.3. The maximum atomic E-state index is 13.2. The smallest absolute Gasteiger partial charge is 0.338 e. The number of ether oxygens (including phenoxy) is 1. The average Bonchev–Trinajstić information content (AvgIpc) is 2.92. The minimum atomic E-state index is -1.19. The molecule has 6 nitrogen and oxygen atoms in total. The van der Waals surface area contributed by atoms with Crippen molar-refractivity contribution in [3.05, 3.63) is 82.9 Å². The minimum absolute atomic E-state index is 0.0292. The summed E-state index contributed by atoms with van der Waals surface area (Å²) in [5.74, 6) is -4.97. The minimum Gasteiger partial charge on any atom is -0.454 e. The van der Waals surface area contributed by atoms with Crippen LogP contribution in [0.1, 0.15) is 41.4 Å². The van der Waals surface area contributed by atoms with Gasteiger partial charge in [0.1, 0.15) is 0 Å². The molecule has 1 heterocycles. The molecule has 3 rings (SSSR count). The van der Waals surface area contributed by atoms with E-state index in [0.717, 1.165) is 17.0 Å². The summed E-state index contributed by atoms with van der Waals surface area (Å²) in [6, 6.07) is 6.41. The van der Waals surface area contributed by atoms with E-state index in [9.17, 15) is 28.0 Å². The third kappa shape index (κ3) is 3.44. The van der Waals surface area contributed by atoms with Crippen molar-refractivity contribution in [3.63, 3.8) is 0 Å². The Morgan fingerprint density at radius 3 is 2.32 bits per heavy atom. The number of rotatable bonds is 6. The van der Waals surface area contributed by atoms with Gasteiger partial charge in [0, 0.05) is 12.1 Å². The Labute approximate surface area is 158 Å². The fourth-order valence-corrected chi connectivity index (χ4v) is 2.68. The van der Waals surface area contributed by atoms with Gasteiger partial charge in [0.2, 0.25) is 0 Å². The Balaban J connectivity index is 1.72. The fraction of sp³-hybridized carbons (Fsp3) is 0.100. The molecule has 0 fully saturated rings. The molecule has 2 aromatic carbocycles. The molecule has 0 aromatic heterocycles. The Kier molecular flexibility index (Phi) is 5.12. The number of esters is 1. The second-order valence-electron chi connectivity index (χ2n) is 5.90. The number of ketones is 1. The van der Waals surface area contributed by atoms with E-state index in [-0.39, 0.29) is 28.8 Å². The van der Waals surface area contributed by atoms with E-state index in [1.807, 2.05) is 0 Å². The molecule has 0 saturated carbocycles. The molecule has 28 heavy (non-hydrogen) atoms. The molecule has 0 bridgehead atoms. The molecule has 0 saturated heterocycles. The number of fused-ring (bicyclic) bond motifs is 1. The maximum Gasteiger partial charge on any atom is 0.338 e. The topological polar surface area (TPSA) is 80.8 Å². The number of nitrogens with zero attached hydrogens (tertiary/aromatic N) is 1. The summed E-state index contributed by atoms with van der Waals surface area (Å²) in [7, 11) is 0. The van der Waals surface area contributed by atoms with Crippen LogP contribution in [0.25, 0.3) is 0 Å². The first kappa shape index (κ1) is 19.1. The summed E-state index contributed by atoms with van der Waals surface area (Å²) in [4.78, 5) is 49.5. The van der Waals surface area contributed by atoms with E-state index in [4.69, 9.17) is 4.74 Å². The van der Waals surface area contributed by atoms with Gasteiger partial charge in [-0.25, -0.2) is 13.6 Å². The number of imide groups is 1. The molecule has 0 unspecified atom stereocenters. The summed E-state index contributed by atoms with van der Waals surface area (Å²) in [5.41, 5.74) is 0.0226. The zero-order valence-corrected chi connectivity index (χ0v) is 14.4. The summed E-state index contributed by atoms with van der Waals surface area (Å²) in [5, 5.41) is 0. The van der Waals surface area contributed by atoms with Crippen molar-refractivity contribution in [1.82, 2.24) is 4.90 Å². The van der Waals surface area contributed by atoms with Crippen LogP contribution in [0.15, 0.2) is 49.1 Å². The predicted octanol–water partition coefficient (Wildman–Crippen LogP) is 2.79.